The van der Waals surface area contributed by atoms with Gasteiger partial charge in [-0.25, -0.2) is 0 Å². The van der Waals surface area contributed by atoms with Gasteiger partial charge in [0.1, 0.15) is 5.75 Å². The molecule has 18 heavy (non-hydrogen) atoms. The van der Waals surface area contributed by atoms with Crippen LogP contribution in [-0.2, 0) is 11.2 Å². The molecule has 0 saturated carbocycles. The summed E-state index contributed by atoms with van der Waals surface area (Å²) in [6, 6.07) is 5.82. The number of ether oxygens (including phenoxy) is 1. The quantitative estimate of drug-likeness (QED) is 0.825. The van der Waals surface area contributed by atoms with Crippen molar-refractivity contribution < 1.29 is 9.53 Å². The largest absolute Gasteiger partial charge is 0.496 e. The number of carbonyl (C=O) groups is 1. The van der Waals surface area contributed by atoms with Gasteiger partial charge in [0.05, 0.1) is 13.5 Å². The molecule has 0 aliphatic rings. The molecule has 1 rings (SSSR count). The maximum atomic E-state index is 11.7. The van der Waals surface area contributed by atoms with Crippen LogP contribution in [0.2, 0.25) is 0 Å². The maximum Gasteiger partial charge on any atom is 0.224 e. The number of benzene rings is 1. The highest BCUT2D eigenvalue weighted by Crippen LogP contribution is 2.18. The molecule has 1 amide bonds. The number of nitrogens with zero attached hydrogens (tertiary/aromatic N) is 1. The van der Waals surface area contributed by atoms with E-state index in [-0.39, 0.29) is 5.91 Å². The second kappa shape index (κ2) is 7.01. The minimum atomic E-state index is 0.0569. The Balaban J connectivity index is 2.47. The average Bonchev–Trinajstić information content (AvgIpc) is 2.28. The van der Waals surface area contributed by atoms with Crippen molar-refractivity contribution >= 4 is 5.91 Å². The van der Waals surface area contributed by atoms with Crippen LogP contribution in [0, 0.1) is 6.92 Å². The fourth-order valence-electron chi connectivity index (χ4n) is 1.72. The molecule has 4 heteroatoms. The zero-order valence-corrected chi connectivity index (χ0v) is 11.6. The van der Waals surface area contributed by atoms with Gasteiger partial charge in [-0.05, 0) is 38.2 Å². The summed E-state index contributed by atoms with van der Waals surface area (Å²) in [4.78, 5) is 13.7. The molecule has 0 fully saturated rings. The van der Waals surface area contributed by atoms with Crippen LogP contribution < -0.4 is 10.1 Å². The van der Waals surface area contributed by atoms with Gasteiger partial charge in [-0.15, -0.1) is 0 Å². The molecular formula is C14H22N2O2. The zero-order chi connectivity index (χ0) is 13.5. The van der Waals surface area contributed by atoms with Crippen molar-refractivity contribution in [2.75, 3.05) is 34.3 Å². The Hall–Kier alpha value is -1.55. The maximum absolute atomic E-state index is 11.7. The van der Waals surface area contributed by atoms with Gasteiger partial charge in [0.2, 0.25) is 5.91 Å². The third-order valence-electron chi connectivity index (χ3n) is 2.71. The van der Waals surface area contributed by atoms with E-state index >= 15 is 0 Å². The topological polar surface area (TPSA) is 41.6 Å². The smallest absolute Gasteiger partial charge is 0.224 e. The molecule has 0 atom stereocenters. The predicted molar refractivity (Wildman–Crippen MR) is 73.0 cm³/mol. The molecule has 4 nitrogen and oxygen atoms in total. The van der Waals surface area contributed by atoms with Crippen LogP contribution in [0.15, 0.2) is 18.2 Å². The summed E-state index contributed by atoms with van der Waals surface area (Å²) in [7, 11) is 5.62. The van der Waals surface area contributed by atoms with Crippen LogP contribution in [0.1, 0.15) is 11.1 Å². The van der Waals surface area contributed by atoms with Gasteiger partial charge in [-0.2, -0.15) is 0 Å². The van der Waals surface area contributed by atoms with Gasteiger partial charge >= 0.3 is 0 Å². The molecular weight excluding hydrogens is 228 g/mol. The molecule has 0 aromatic heterocycles. The molecule has 1 N–H and O–H groups in total. The first-order chi connectivity index (χ1) is 8.52. The molecule has 0 heterocycles. The molecule has 0 bridgehead atoms. The Bertz CT molecular complexity index is 403. The second-order valence-electron chi connectivity index (χ2n) is 4.63. The zero-order valence-electron chi connectivity index (χ0n) is 11.6. The Morgan fingerprint density at radius 2 is 2.11 bits per heavy atom. The average molecular weight is 250 g/mol. The molecule has 0 saturated heterocycles. The monoisotopic (exact) mass is 250 g/mol. The summed E-state index contributed by atoms with van der Waals surface area (Å²) in [5.74, 6) is 0.910. The van der Waals surface area contributed by atoms with Gasteiger partial charge < -0.3 is 15.0 Å². The highest BCUT2D eigenvalue weighted by Gasteiger charge is 2.05. The van der Waals surface area contributed by atoms with Crippen molar-refractivity contribution in [3.05, 3.63) is 29.3 Å². The molecule has 0 spiro atoms. The highest BCUT2D eigenvalue weighted by molar-refractivity contribution is 5.78. The van der Waals surface area contributed by atoms with Gasteiger partial charge in [-0.1, -0.05) is 12.1 Å². The number of hydrogen-bond acceptors (Lipinski definition) is 3. The Labute approximate surface area is 109 Å². The number of methoxy groups -OCH3 is 1. The Morgan fingerprint density at radius 1 is 1.39 bits per heavy atom. The fraction of sp³-hybridized carbons (Fsp3) is 0.500. The first-order valence-corrected chi connectivity index (χ1v) is 6.08. The minimum Gasteiger partial charge on any atom is -0.496 e. The molecule has 0 aliphatic heterocycles. The van der Waals surface area contributed by atoms with E-state index in [4.69, 9.17) is 4.74 Å². The van der Waals surface area contributed by atoms with Crippen molar-refractivity contribution in [1.82, 2.24) is 10.2 Å². The third kappa shape index (κ3) is 4.75. The molecule has 0 unspecified atom stereocenters. The van der Waals surface area contributed by atoms with E-state index in [1.165, 1.54) is 0 Å². The van der Waals surface area contributed by atoms with E-state index in [0.717, 1.165) is 23.4 Å². The summed E-state index contributed by atoms with van der Waals surface area (Å²) in [5.41, 5.74) is 2.06. The summed E-state index contributed by atoms with van der Waals surface area (Å²) >= 11 is 0. The highest BCUT2D eigenvalue weighted by atomic mass is 16.5. The van der Waals surface area contributed by atoms with E-state index in [1.807, 2.05) is 44.1 Å². The van der Waals surface area contributed by atoms with Crippen molar-refractivity contribution in [2.24, 2.45) is 0 Å². The van der Waals surface area contributed by atoms with E-state index in [9.17, 15) is 4.79 Å². The lowest BCUT2D eigenvalue weighted by molar-refractivity contribution is -0.120. The summed E-state index contributed by atoms with van der Waals surface area (Å²) in [6.45, 7) is 3.51. The molecule has 0 aliphatic carbocycles. The lowest BCUT2D eigenvalue weighted by Gasteiger charge is -2.11. The van der Waals surface area contributed by atoms with E-state index < -0.39 is 0 Å². The van der Waals surface area contributed by atoms with Crippen molar-refractivity contribution in [3.63, 3.8) is 0 Å². The van der Waals surface area contributed by atoms with Crippen LogP contribution in [0.5, 0.6) is 5.75 Å². The van der Waals surface area contributed by atoms with Gasteiger partial charge in [0.15, 0.2) is 0 Å². The summed E-state index contributed by atoms with van der Waals surface area (Å²) in [5, 5.41) is 2.90. The predicted octanol–water partition coefficient (Wildman–Crippen LogP) is 1.22. The third-order valence-corrected chi connectivity index (χ3v) is 2.71. The van der Waals surface area contributed by atoms with Gasteiger partial charge in [0, 0.05) is 13.1 Å². The van der Waals surface area contributed by atoms with Gasteiger partial charge in [-0.3, -0.25) is 4.79 Å². The molecule has 1 aromatic rings. The van der Waals surface area contributed by atoms with E-state index in [0.29, 0.717) is 13.0 Å². The van der Waals surface area contributed by atoms with Crippen LogP contribution in [-0.4, -0.2) is 45.1 Å². The second-order valence-corrected chi connectivity index (χ2v) is 4.63. The summed E-state index contributed by atoms with van der Waals surface area (Å²) < 4.78 is 5.19. The van der Waals surface area contributed by atoms with E-state index in [2.05, 4.69) is 5.32 Å². The number of amides is 1. The van der Waals surface area contributed by atoms with Crippen molar-refractivity contribution in [1.29, 1.82) is 0 Å². The normalized spacial score (nSPS) is 10.5. The lowest BCUT2D eigenvalue weighted by atomic mass is 10.1. The van der Waals surface area contributed by atoms with Crippen molar-refractivity contribution in [3.8, 4) is 5.75 Å². The van der Waals surface area contributed by atoms with Crippen LogP contribution in [0.4, 0.5) is 0 Å². The van der Waals surface area contributed by atoms with Crippen molar-refractivity contribution in [2.45, 2.75) is 13.3 Å². The number of hydrogen-bond donors (Lipinski definition) is 1. The minimum absolute atomic E-state index is 0.0569. The van der Waals surface area contributed by atoms with Crippen LogP contribution >= 0.6 is 0 Å². The lowest BCUT2D eigenvalue weighted by Crippen LogP contribution is -2.32. The number of aryl methyl sites for hydroxylation is 1. The first kappa shape index (κ1) is 14.5. The van der Waals surface area contributed by atoms with E-state index in [1.54, 1.807) is 7.11 Å². The summed E-state index contributed by atoms with van der Waals surface area (Å²) in [6.07, 6.45) is 0.415. The number of carbonyl (C=O) groups excluding carboxylic acids is 1. The number of nitrogens with one attached hydrogen (secondary N) is 1. The number of rotatable bonds is 6. The van der Waals surface area contributed by atoms with Crippen LogP contribution in [0.25, 0.3) is 0 Å². The standard InChI is InChI=1S/C14H22N2O2/c1-11-9-12(5-6-13(11)18-4)10-14(17)15-7-8-16(2)3/h5-6,9H,7-8,10H2,1-4H3,(H,15,17). The fourth-order valence-corrected chi connectivity index (χ4v) is 1.72. The molecule has 0 radical (unpaired) electrons. The molecule has 1 aromatic carbocycles. The number of likely N-dealkylation sites (N-methyl/N-ethyl adjacent to an activating group) is 1. The Morgan fingerprint density at radius 3 is 2.67 bits per heavy atom. The molecule has 100 valence electrons. The first-order valence-electron chi connectivity index (χ1n) is 6.08. The SMILES string of the molecule is COc1ccc(CC(=O)NCCN(C)C)cc1C. The van der Waals surface area contributed by atoms with Crippen LogP contribution in [0.3, 0.4) is 0 Å². The Kier molecular flexibility index (Phi) is 5.65. The van der Waals surface area contributed by atoms with Gasteiger partial charge in [0.25, 0.3) is 0 Å².